The molecule has 0 N–H and O–H groups in total. The largest absolute Gasteiger partial charge is 0.496 e. The van der Waals surface area contributed by atoms with E-state index in [1.54, 1.807) is 38.5 Å². The zero-order chi connectivity index (χ0) is 26.1. The number of hydrogen-bond acceptors (Lipinski definition) is 8. The molecular weight excluding hydrogens is 464 g/mol. The van der Waals surface area contributed by atoms with Crippen LogP contribution < -0.4 is 18.9 Å². The maximum absolute atomic E-state index is 11.1. The fourth-order valence-electron chi connectivity index (χ4n) is 3.39. The predicted molar refractivity (Wildman–Crippen MR) is 132 cm³/mol. The Morgan fingerprint density at radius 2 is 1.08 bits per heavy atom. The Morgan fingerprint density at radius 1 is 0.694 bits per heavy atom. The number of hydrogen-bond donors (Lipinski definition) is 0. The summed E-state index contributed by atoms with van der Waals surface area (Å²) in [6, 6.07) is 18.1. The summed E-state index contributed by atoms with van der Waals surface area (Å²) in [7, 11) is 3.14. The van der Waals surface area contributed by atoms with Crippen LogP contribution in [-0.4, -0.2) is 26.2 Å². The van der Waals surface area contributed by atoms with Crippen LogP contribution in [-0.2, 0) is 32.3 Å². The third-order valence-electron chi connectivity index (χ3n) is 5.14. The van der Waals surface area contributed by atoms with Gasteiger partial charge in [0.15, 0.2) is 0 Å². The summed E-state index contributed by atoms with van der Waals surface area (Å²) in [5.74, 6) is 1.47. The minimum atomic E-state index is -0.922. The molecule has 0 aliphatic heterocycles. The normalized spacial score (nSPS) is 10.5. The van der Waals surface area contributed by atoms with E-state index in [-0.39, 0.29) is 25.2 Å². The van der Waals surface area contributed by atoms with Crippen molar-refractivity contribution in [3.05, 3.63) is 82.9 Å². The summed E-state index contributed by atoms with van der Waals surface area (Å²) in [5.41, 5.74) is 3.18. The minimum Gasteiger partial charge on any atom is -0.496 e. The first-order chi connectivity index (χ1) is 17.3. The van der Waals surface area contributed by atoms with Gasteiger partial charge in [0.05, 0.1) is 14.2 Å². The average Bonchev–Trinajstić information content (AvgIpc) is 2.86. The Bertz CT molecular complexity index is 1080. The molecule has 0 unspecified atom stereocenters. The predicted octanol–water partition coefficient (Wildman–Crippen LogP) is 5.30. The lowest BCUT2D eigenvalue weighted by Gasteiger charge is -2.25. The molecule has 0 spiro atoms. The molecule has 0 saturated carbocycles. The van der Waals surface area contributed by atoms with E-state index in [1.807, 2.05) is 43.3 Å². The van der Waals surface area contributed by atoms with E-state index in [1.165, 1.54) is 13.8 Å². The van der Waals surface area contributed by atoms with E-state index in [0.717, 1.165) is 16.7 Å². The highest BCUT2D eigenvalue weighted by Gasteiger charge is 2.26. The monoisotopic (exact) mass is 494 g/mol. The molecule has 0 aliphatic carbocycles. The van der Waals surface area contributed by atoms with Crippen molar-refractivity contribution in [1.82, 2.24) is 0 Å². The number of rotatable bonds is 11. The fraction of sp³-hybridized carbons (Fsp3) is 0.286. The van der Waals surface area contributed by atoms with Crippen LogP contribution in [0.15, 0.2) is 60.7 Å². The van der Waals surface area contributed by atoms with Crippen LogP contribution in [0.2, 0.25) is 0 Å². The minimum absolute atomic E-state index is 0.175. The fourth-order valence-corrected chi connectivity index (χ4v) is 3.39. The van der Waals surface area contributed by atoms with Crippen molar-refractivity contribution in [1.29, 1.82) is 0 Å². The highest BCUT2D eigenvalue weighted by Crippen LogP contribution is 2.39. The van der Waals surface area contributed by atoms with E-state index >= 15 is 0 Å². The SMILES string of the molecule is COc1cc(C)cc(OC)c1C(Oc1ccc(COC(C)=O)cc1)Oc1ccc(COC(C)=O)cc1. The van der Waals surface area contributed by atoms with Gasteiger partial charge < -0.3 is 28.4 Å². The van der Waals surface area contributed by atoms with Gasteiger partial charge in [-0.05, 0) is 60.0 Å². The van der Waals surface area contributed by atoms with Gasteiger partial charge in [-0.25, -0.2) is 0 Å². The molecule has 190 valence electrons. The third-order valence-corrected chi connectivity index (χ3v) is 5.14. The van der Waals surface area contributed by atoms with Gasteiger partial charge in [-0.1, -0.05) is 24.3 Å². The molecule has 3 rings (SSSR count). The standard InChI is InChI=1S/C28H30O8/c1-18-14-25(31-4)27(26(15-18)32-5)28(35-23-10-6-21(7-11-23)16-33-19(2)29)36-24-12-8-22(9-13-24)17-34-20(3)30/h6-15,28H,16-17H2,1-5H3. The van der Waals surface area contributed by atoms with Crippen LogP contribution in [0.5, 0.6) is 23.0 Å². The van der Waals surface area contributed by atoms with Gasteiger partial charge in [0.25, 0.3) is 6.29 Å². The number of benzene rings is 3. The summed E-state index contributed by atoms with van der Waals surface area (Å²) in [6.07, 6.45) is -0.922. The van der Waals surface area contributed by atoms with Gasteiger partial charge in [0.1, 0.15) is 41.8 Å². The number of aryl methyl sites for hydroxylation is 1. The van der Waals surface area contributed by atoms with Crippen LogP contribution >= 0.6 is 0 Å². The maximum Gasteiger partial charge on any atom is 0.302 e. The number of methoxy groups -OCH3 is 2. The van der Waals surface area contributed by atoms with Gasteiger partial charge in [-0.3, -0.25) is 9.59 Å². The first kappa shape index (κ1) is 26.4. The lowest BCUT2D eigenvalue weighted by Crippen LogP contribution is -2.17. The summed E-state index contributed by atoms with van der Waals surface area (Å²) in [6.45, 7) is 5.02. The summed E-state index contributed by atoms with van der Waals surface area (Å²) < 4.78 is 33.9. The van der Waals surface area contributed by atoms with Crippen LogP contribution in [0.1, 0.15) is 42.4 Å². The Labute approximate surface area is 210 Å². The van der Waals surface area contributed by atoms with E-state index in [2.05, 4.69) is 0 Å². The lowest BCUT2D eigenvalue weighted by atomic mass is 10.1. The maximum atomic E-state index is 11.1. The second-order valence-electron chi connectivity index (χ2n) is 8.00. The number of esters is 2. The third kappa shape index (κ3) is 7.40. The topological polar surface area (TPSA) is 89.5 Å². The molecule has 0 atom stereocenters. The van der Waals surface area contributed by atoms with E-state index in [0.29, 0.717) is 28.6 Å². The molecule has 0 saturated heterocycles. The molecule has 0 aromatic heterocycles. The van der Waals surface area contributed by atoms with Crippen LogP contribution in [0.25, 0.3) is 0 Å². The van der Waals surface area contributed by atoms with Crippen molar-refractivity contribution in [2.75, 3.05) is 14.2 Å². The van der Waals surface area contributed by atoms with Crippen molar-refractivity contribution in [2.24, 2.45) is 0 Å². The number of ether oxygens (including phenoxy) is 6. The van der Waals surface area contributed by atoms with Gasteiger partial charge in [-0.15, -0.1) is 0 Å². The Balaban J connectivity index is 1.91. The summed E-state index contributed by atoms with van der Waals surface area (Å²) in [4.78, 5) is 22.2. The second kappa shape index (κ2) is 12.5. The summed E-state index contributed by atoms with van der Waals surface area (Å²) in [5, 5.41) is 0. The highest BCUT2D eigenvalue weighted by molar-refractivity contribution is 5.66. The van der Waals surface area contributed by atoms with Crippen LogP contribution in [0.4, 0.5) is 0 Å². The highest BCUT2D eigenvalue weighted by atomic mass is 16.7. The van der Waals surface area contributed by atoms with Gasteiger partial charge in [0.2, 0.25) is 0 Å². The molecule has 36 heavy (non-hydrogen) atoms. The van der Waals surface area contributed by atoms with E-state index < -0.39 is 6.29 Å². The summed E-state index contributed by atoms with van der Waals surface area (Å²) >= 11 is 0. The van der Waals surface area contributed by atoms with Crippen LogP contribution in [0.3, 0.4) is 0 Å². The van der Waals surface area contributed by atoms with Crippen molar-refractivity contribution in [3.63, 3.8) is 0 Å². The molecule has 3 aromatic rings. The molecule has 3 aromatic carbocycles. The van der Waals surface area contributed by atoms with Gasteiger partial charge in [-0.2, -0.15) is 0 Å². The van der Waals surface area contributed by atoms with Crippen molar-refractivity contribution < 1.29 is 38.0 Å². The second-order valence-corrected chi connectivity index (χ2v) is 8.00. The smallest absolute Gasteiger partial charge is 0.302 e. The zero-order valence-corrected chi connectivity index (χ0v) is 21.0. The molecule has 0 fully saturated rings. The molecule has 0 bridgehead atoms. The van der Waals surface area contributed by atoms with Crippen molar-refractivity contribution in [2.45, 2.75) is 40.3 Å². The first-order valence-corrected chi connectivity index (χ1v) is 11.3. The molecule has 0 amide bonds. The Kier molecular flexibility index (Phi) is 9.16. The van der Waals surface area contributed by atoms with Crippen LogP contribution in [0, 0.1) is 6.92 Å². The lowest BCUT2D eigenvalue weighted by molar-refractivity contribution is -0.143. The molecule has 8 heteroatoms. The molecule has 0 aliphatic rings. The molecule has 8 nitrogen and oxygen atoms in total. The molecule has 0 radical (unpaired) electrons. The number of carbonyl (C=O) groups excluding carboxylic acids is 2. The Morgan fingerprint density at radius 3 is 1.42 bits per heavy atom. The Hall–Kier alpha value is -4.20. The van der Waals surface area contributed by atoms with Gasteiger partial charge >= 0.3 is 11.9 Å². The molecular formula is C28H30O8. The van der Waals surface area contributed by atoms with Gasteiger partial charge in [0, 0.05) is 13.8 Å². The first-order valence-electron chi connectivity index (χ1n) is 11.3. The zero-order valence-electron chi connectivity index (χ0n) is 21.0. The average molecular weight is 495 g/mol. The van der Waals surface area contributed by atoms with E-state index in [9.17, 15) is 9.59 Å². The van der Waals surface area contributed by atoms with E-state index in [4.69, 9.17) is 28.4 Å². The number of carbonyl (C=O) groups is 2. The quantitative estimate of drug-likeness (QED) is 0.262. The van der Waals surface area contributed by atoms with Crippen molar-refractivity contribution in [3.8, 4) is 23.0 Å². The van der Waals surface area contributed by atoms with Crippen molar-refractivity contribution >= 4 is 11.9 Å². The molecule has 0 heterocycles.